The number of halogens is 1. The quantitative estimate of drug-likeness (QED) is 0.539. The third-order valence-electron chi connectivity index (χ3n) is 4.91. The van der Waals surface area contributed by atoms with Crippen molar-refractivity contribution in [3.05, 3.63) is 82.8 Å². The van der Waals surface area contributed by atoms with Gasteiger partial charge in [-0.3, -0.25) is 5.32 Å². The van der Waals surface area contributed by atoms with Gasteiger partial charge in [0.15, 0.2) is 11.3 Å². The molecule has 5 heteroatoms. The summed E-state index contributed by atoms with van der Waals surface area (Å²) in [7, 11) is 1.66. The van der Waals surface area contributed by atoms with Gasteiger partial charge in [-0.15, -0.1) is 0 Å². The van der Waals surface area contributed by atoms with Gasteiger partial charge in [0.1, 0.15) is 11.8 Å². The van der Waals surface area contributed by atoms with Crippen LogP contribution in [0, 0.1) is 0 Å². The molecule has 0 bridgehead atoms. The zero-order chi connectivity index (χ0) is 17.7. The largest absolute Gasteiger partial charge is 0.493 e. The van der Waals surface area contributed by atoms with Crippen molar-refractivity contribution in [3.63, 3.8) is 0 Å². The lowest BCUT2D eigenvalue weighted by atomic mass is 10.1. The first kappa shape index (κ1) is 15.6. The van der Waals surface area contributed by atoms with E-state index in [9.17, 15) is 0 Å². The molecule has 2 aromatic carbocycles. The number of hydrogen-bond acceptors (Lipinski definition) is 3. The van der Waals surface area contributed by atoms with E-state index in [4.69, 9.17) is 20.8 Å². The summed E-state index contributed by atoms with van der Waals surface area (Å²) in [6.07, 6.45) is 2.06. The van der Waals surface area contributed by atoms with E-state index < -0.39 is 0 Å². The zero-order valence-corrected chi connectivity index (χ0v) is 15.0. The second-order valence-corrected chi connectivity index (χ2v) is 6.85. The van der Waals surface area contributed by atoms with E-state index in [-0.39, 0.29) is 6.04 Å². The van der Waals surface area contributed by atoms with Crippen LogP contribution in [0.5, 0.6) is 5.75 Å². The summed E-state index contributed by atoms with van der Waals surface area (Å²) in [5.41, 5.74) is 4.18. The maximum atomic E-state index is 6.24. The van der Waals surface area contributed by atoms with Gasteiger partial charge in [0.25, 0.3) is 0 Å². The van der Waals surface area contributed by atoms with E-state index in [0.717, 1.165) is 45.4 Å². The molecule has 4 nitrogen and oxygen atoms in total. The van der Waals surface area contributed by atoms with E-state index >= 15 is 0 Å². The Bertz CT molecular complexity index is 1110. The number of methoxy groups -OCH3 is 1. The summed E-state index contributed by atoms with van der Waals surface area (Å²) < 4.78 is 13.8. The van der Waals surface area contributed by atoms with Gasteiger partial charge < -0.3 is 13.7 Å². The number of nitrogens with zero attached hydrogens (tertiary/aromatic N) is 1. The molecule has 0 aliphatic carbocycles. The molecule has 4 aromatic rings. The van der Waals surface area contributed by atoms with E-state index in [0.29, 0.717) is 0 Å². The fraction of sp³-hybridized carbons (Fsp3) is 0.143. The average molecular weight is 365 g/mol. The van der Waals surface area contributed by atoms with Crippen LogP contribution in [0.15, 0.2) is 65.2 Å². The number of furan rings is 1. The third kappa shape index (κ3) is 2.34. The van der Waals surface area contributed by atoms with Crippen LogP contribution in [0.1, 0.15) is 23.1 Å². The molecular weight excluding hydrogens is 348 g/mol. The van der Waals surface area contributed by atoms with Crippen LogP contribution >= 0.6 is 11.6 Å². The lowest BCUT2D eigenvalue weighted by Gasteiger charge is -2.15. The first-order valence-electron chi connectivity index (χ1n) is 8.50. The topological polar surface area (TPSA) is 39.3 Å². The van der Waals surface area contributed by atoms with Crippen molar-refractivity contribution in [3.8, 4) is 11.4 Å². The fourth-order valence-corrected chi connectivity index (χ4v) is 3.85. The summed E-state index contributed by atoms with van der Waals surface area (Å²) in [5, 5.41) is 5.38. The summed E-state index contributed by atoms with van der Waals surface area (Å²) in [5.74, 6) is 1.61. The van der Waals surface area contributed by atoms with Crippen molar-refractivity contribution in [1.82, 2.24) is 9.88 Å². The van der Waals surface area contributed by atoms with Crippen molar-refractivity contribution in [2.45, 2.75) is 12.6 Å². The second-order valence-electron chi connectivity index (χ2n) is 6.42. The zero-order valence-electron chi connectivity index (χ0n) is 14.2. The van der Waals surface area contributed by atoms with Gasteiger partial charge in [0, 0.05) is 28.8 Å². The number of ether oxygens (including phenoxy) is 1. The molecule has 1 unspecified atom stereocenters. The smallest absolute Gasteiger partial charge is 0.176 e. The molecule has 0 radical (unpaired) electrons. The van der Waals surface area contributed by atoms with Crippen molar-refractivity contribution in [2.75, 3.05) is 7.11 Å². The highest BCUT2D eigenvalue weighted by Crippen LogP contribution is 2.36. The summed E-state index contributed by atoms with van der Waals surface area (Å²) in [6, 6.07) is 18.1. The predicted molar refractivity (Wildman–Crippen MR) is 102 cm³/mol. The Hall–Kier alpha value is -2.69. The number of benzene rings is 2. The molecule has 0 saturated heterocycles. The molecule has 26 heavy (non-hydrogen) atoms. The molecule has 0 amide bonds. The molecule has 2 aromatic heterocycles. The van der Waals surface area contributed by atoms with E-state index in [1.807, 2.05) is 36.4 Å². The highest BCUT2D eigenvalue weighted by atomic mass is 35.5. The lowest BCUT2D eigenvalue weighted by molar-refractivity contribution is 0.402. The van der Waals surface area contributed by atoms with Crippen LogP contribution in [0.4, 0.5) is 0 Å². The molecule has 1 N–H and O–H groups in total. The predicted octanol–water partition coefficient (Wildman–Crippen LogP) is 5.08. The number of fused-ring (bicyclic) bond motifs is 4. The van der Waals surface area contributed by atoms with Crippen LogP contribution in [0.25, 0.3) is 16.7 Å². The summed E-state index contributed by atoms with van der Waals surface area (Å²) in [4.78, 5) is 0. The van der Waals surface area contributed by atoms with Crippen molar-refractivity contribution >= 4 is 22.6 Å². The minimum atomic E-state index is -0.0618. The number of rotatable bonds is 2. The van der Waals surface area contributed by atoms with Crippen LogP contribution in [0.3, 0.4) is 0 Å². The third-order valence-corrected chi connectivity index (χ3v) is 5.15. The molecule has 5 rings (SSSR count). The average Bonchev–Trinajstić information content (AvgIpc) is 3.27. The summed E-state index contributed by atoms with van der Waals surface area (Å²) in [6.45, 7) is 0.729. The number of hydrogen-bond donors (Lipinski definition) is 1. The first-order valence-corrected chi connectivity index (χ1v) is 8.88. The number of nitrogens with one attached hydrogen (secondary N) is 1. The lowest BCUT2D eigenvalue weighted by Crippen LogP contribution is -2.20. The minimum Gasteiger partial charge on any atom is -0.493 e. The Kier molecular flexibility index (Phi) is 3.55. The van der Waals surface area contributed by atoms with Crippen LogP contribution < -0.4 is 10.1 Å². The Labute approximate surface area is 155 Å². The number of aromatic nitrogens is 1. The normalized spacial score (nSPS) is 16.2. The molecule has 3 heterocycles. The van der Waals surface area contributed by atoms with Gasteiger partial charge in [-0.05, 0) is 42.0 Å². The van der Waals surface area contributed by atoms with Crippen molar-refractivity contribution < 1.29 is 9.15 Å². The molecule has 0 fully saturated rings. The van der Waals surface area contributed by atoms with Crippen LogP contribution in [-0.2, 0) is 6.54 Å². The van der Waals surface area contributed by atoms with Gasteiger partial charge in [-0.2, -0.15) is 0 Å². The minimum absolute atomic E-state index is 0.0618. The molecule has 1 atom stereocenters. The first-order chi connectivity index (χ1) is 12.7. The van der Waals surface area contributed by atoms with E-state index in [2.05, 4.69) is 34.3 Å². The molecule has 130 valence electrons. The number of para-hydroxylation sites is 1. The molecule has 1 aliphatic rings. The van der Waals surface area contributed by atoms with Gasteiger partial charge in [0.2, 0.25) is 0 Å². The van der Waals surface area contributed by atoms with Gasteiger partial charge in [0.05, 0.1) is 12.8 Å². The maximum Gasteiger partial charge on any atom is 0.176 e. The Morgan fingerprint density at radius 1 is 1.15 bits per heavy atom. The molecule has 1 aliphatic heterocycles. The Morgan fingerprint density at radius 3 is 2.96 bits per heavy atom. The van der Waals surface area contributed by atoms with Gasteiger partial charge in [-0.1, -0.05) is 29.8 Å². The SMILES string of the molecule is COc1cccc2cc(C3NCc4ccc(Cl)cc4-n4cccc43)oc12. The fourth-order valence-electron chi connectivity index (χ4n) is 3.68. The summed E-state index contributed by atoms with van der Waals surface area (Å²) >= 11 is 6.24. The van der Waals surface area contributed by atoms with E-state index in [1.54, 1.807) is 7.11 Å². The van der Waals surface area contributed by atoms with Crippen LogP contribution in [0.2, 0.25) is 5.02 Å². The van der Waals surface area contributed by atoms with Crippen LogP contribution in [-0.4, -0.2) is 11.7 Å². The van der Waals surface area contributed by atoms with E-state index in [1.165, 1.54) is 5.56 Å². The Balaban J connectivity index is 1.66. The highest BCUT2D eigenvalue weighted by Gasteiger charge is 2.26. The molecule has 0 saturated carbocycles. The molecule has 0 spiro atoms. The standard InChI is InChI=1S/C21H17ClN2O2/c1-25-18-6-2-4-13-10-19(26-21(13)18)20-16-5-3-9-24(16)17-11-15(22)8-7-14(17)12-23-20/h2-11,20,23H,12H2,1H3. The van der Waals surface area contributed by atoms with Gasteiger partial charge >= 0.3 is 0 Å². The Morgan fingerprint density at radius 2 is 2.08 bits per heavy atom. The maximum absolute atomic E-state index is 6.24. The van der Waals surface area contributed by atoms with Crippen molar-refractivity contribution in [1.29, 1.82) is 0 Å². The molecular formula is C21H17ClN2O2. The van der Waals surface area contributed by atoms with Crippen molar-refractivity contribution in [2.24, 2.45) is 0 Å². The highest BCUT2D eigenvalue weighted by molar-refractivity contribution is 6.30. The second kappa shape index (κ2) is 5.94. The monoisotopic (exact) mass is 364 g/mol. The van der Waals surface area contributed by atoms with Gasteiger partial charge in [-0.25, -0.2) is 0 Å².